The van der Waals surface area contributed by atoms with Crippen molar-refractivity contribution in [3.8, 4) is 0 Å². The van der Waals surface area contributed by atoms with Crippen LogP contribution in [0.4, 0.5) is 0 Å². The van der Waals surface area contributed by atoms with Crippen molar-refractivity contribution in [1.29, 1.82) is 0 Å². The van der Waals surface area contributed by atoms with Gasteiger partial charge in [0.15, 0.2) is 0 Å². The van der Waals surface area contributed by atoms with Gasteiger partial charge < -0.3 is 10.2 Å². The lowest BCUT2D eigenvalue weighted by molar-refractivity contribution is 0.0727. The summed E-state index contributed by atoms with van der Waals surface area (Å²) in [4.78, 5) is 14.9. The van der Waals surface area contributed by atoms with E-state index in [4.69, 9.17) is 0 Å². The van der Waals surface area contributed by atoms with Crippen molar-refractivity contribution in [2.45, 2.75) is 26.3 Å². The SMILES string of the molecule is CCc1ccccc1C(=O)N1CC2CNCC2C1C. The number of benzene rings is 1. The summed E-state index contributed by atoms with van der Waals surface area (Å²) in [6, 6.07) is 8.38. The molecule has 2 aliphatic heterocycles. The highest BCUT2D eigenvalue weighted by Crippen LogP contribution is 2.33. The lowest BCUT2D eigenvalue weighted by Crippen LogP contribution is -2.38. The Hall–Kier alpha value is -1.35. The number of aryl methyl sites for hydroxylation is 1. The van der Waals surface area contributed by atoms with Gasteiger partial charge in [-0.15, -0.1) is 0 Å². The highest BCUT2D eigenvalue weighted by atomic mass is 16.2. The summed E-state index contributed by atoms with van der Waals surface area (Å²) in [5, 5.41) is 3.44. The van der Waals surface area contributed by atoms with E-state index in [2.05, 4.69) is 30.1 Å². The Bertz CT molecular complexity index is 485. The first-order valence-corrected chi connectivity index (χ1v) is 7.32. The van der Waals surface area contributed by atoms with Crippen LogP contribution in [0.1, 0.15) is 29.8 Å². The maximum absolute atomic E-state index is 12.8. The first kappa shape index (κ1) is 12.7. The Morgan fingerprint density at radius 2 is 2.16 bits per heavy atom. The molecule has 1 aromatic carbocycles. The summed E-state index contributed by atoms with van der Waals surface area (Å²) in [7, 11) is 0. The molecule has 0 bridgehead atoms. The smallest absolute Gasteiger partial charge is 0.254 e. The lowest BCUT2D eigenvalue weighted by atomic mass is 9.95. The van der Waals surface area contributed by atoms with Crippen LogP contribution < -0.4 is 5.32 Å². The van der Waals surface area contributed by atoms with E-state index in [0.29, 0.717) is 17.9 Å². The van der Waals surface area contributed by atoms with Crippen LogP contribution in [0.5, 0.6) is 0 Å². The van der Waals surface area contributed by atoms with E-state index in [-0.39, 0.29) is 5.91 Å². The zero-order chi connectivity index (χ0) is 13.4. The van der Waals surface area contributed by atoms with Crippen LogP contribution >= 0.6 is 0 Å². The number of hydrogen-bond donors (Lipinski definition) is 1. The van der Waals surface area contributed by atoms with Crippen molar-refractivity contribution in [3.05, 3.63) is 35.4 Å². The second-order valence-electron chi connectivity index (χ2n) is 5.79. The van der Waals surface area contributed by atoms with E-state index in [9.17, 15) is 4.79 Å². The quantitative estimate of drug-likeness (QED) is 0.879. The number of amides is 1. The summed E-state index contributed by atoms with van der Waals surface area (Å²) in [5.41, 5.74) is 2.06. The summed E-state index contributed by atoms with van der Waals surface area (Å²) < 4.78 is 0. The maximum atomic E-state index is 12.8. The van der Waals surface area contributed by atoms with Gasteiger partial charge in [-0.2, -0.15) is 0 Å². The van der Waals surface area contributed by atoms with E-state index in [1.54, 1.807) is 0 Å². The molecule has 3 unspecified atom stereocenters. The molecule has 1 N–H and O–H groups in total. The van der Waals surface area contributed by atoms with Gasteiger partial charge >= 0.3 is 0 Å². The Kier molecular flexibility index (Phi) is 3.31. The van der Waals surface area contributed by atoms with Crippen molar-refractivity contribution >= 4 is 5.91 Å². The van der Waals surface area contributed by atoms with Crippen molar-refractivity contribution in [1.82, 2.24) is 10.2 Å². The molecule has 2 saturated heterocycles. The molecule has 0 aliphatic carbocycles. The van der Waals surface area contributed by atoms with Crippen molar-refractivity contribution < 1.29 is 4.79 Å². The van der Waals surface area contributed by atoms with Crippen LogP contribution in [0, 0.1) is 11.8 Å². The fraction of sp³-hybridized carbons (Fsp3) is 0.562. The van der Waals surface area contributed by atoms with Gasteiger partial charge in [0.2, 0.25) is 0 Å². The summed E-state index contributed by atoms with van der Waals surface area (Å²) in [5.74, 6) is 1.50. The molecule has 19 heavy (non-hydrogen) atoms. The van der Waals surface area contributed by atoms with Crippen LogP contribution in [-0.2, 0) is 6.42 Å². The molecular weight excluding hydrogens is 236 g/mol. The molecule has 3 nitrogen and oxygen atoms in total. The molecule has 3 atom stereocenters. The first-order valence-electron chi connectivity index (χ1n) is 7.32. The molecule has 1 amide bonds. The van der Waals surface area contributed by atoms with E-state index >= 15 is 0 Å². The largest absolute Gasteiger partial charge is 0.335 e. The third-order valence-corrected chi connectivity index (χ3v) is 4.82. The predicted octanol–water partition coefficient (Wildman–Crippen LogP) is 1.93. The maximum Gasteiger partial charge on any atom is 0.254 e. The fourth-order valence-electron chi connectivity index (χ4n) is 3.63. The average molecular weight is 258 g/mol. The van der Waals surface area contributed by atoms with Crippen LogP contribution in [0.2, 0.25) is 0 Å². The molecule has 0 spiro atoms. The Morgan fingerprint density at radius 1 is 1.37 bits per heavy atom. The van der Waals surface area contributed by atoms with Gasteiger partial charge in [-0.1, -0.05) is 25.1 Å². The number of nitrogens with one attached hydrogen (secondary N) is 1. The van der Waals surface area contributed by atoms with Gasteiger partial charge in [0, 0.05) is 31.2 Å². The number of carbonyl (C=O) groups is 1. The number of carbonyl (C=O) groups excluding carboxylic acids is 1. The van der Waals surface area contributed by atoms with Gasteiger partial charge in [0.1, 0.15) is 0 Å². The second-order valence-corrected chi connectivity index (χ2v) is 5.79. The molecule has 0 aromatic heterocycles. The summed E-state index contributed by atoms with van der Waals surface area (Å²) >= 11 is 0. The van der Waals surface area contributed by atoms with E-state index < -0.39 is 0 Å². The zero-order valence-electron chi connectivity index (χ0n) is 11.7. The van der Waals surface area contributed by atoms with Crippen molar-refractivity contribution in [2.75, 3.05) is 19.6 Å². The van der Waals surface area contributed by atoms with Gasteiger partial charge in [-0.3, -0.25) is 4.79 Å². The van der Waals surface area contributed by atoms with Crippen LogP contribution in [0.25, 0.3) is 0 Å². The Balaban J connectivity index is 1.85. The monoisotopic (exact) mass is 258 g/mol. The van der Waals surface area contributed by atoms with Crippen LogP contribution in [0.15, 0.2) is 24.3 Å². The second kappa shape index (κ2) is 4.97. The normalized spacial score (nSPS) is 29.6. The van der Waals surface area contributed by atoms with E-state index in [0.717, 1.165) is 37.2 Å². The Labute approximate surface area is 115 Å². The number of rotatable bonds is 2. The third-order valence-electron chi connectivity index (χ3n) is 4.82. The minimum Gasteiger partial charge on any atom is -0.335 e. The Morgan fingerprint density at radius 3 is 2.89 bits per heavy atom. The average Bonchev–Trinajstić information content (AvgIpc) is 3.01. The van der Waals surface area contributed by atoms with Crippen LogP contribution in [-0.4, -0.2) is 36.5 Å². The van der Waals surface area contributed by atoms with E-state index in [1.807, 2.05) is 18.2 Å². The van der Waals surface area contributed by atoms with Crippen molar-refractivity contribution in [2.24, 2.45) is 11.8 Å². The molecule has 102 valence electrons. The van der Waals surface area contributed by atoms with Gasteiger partial charge in [-0.05, 0) is 36.8 Å². The van der Waals surface area contributed by atoms with Gasteiger partial charge in [0.25, 0.3) is 5.91 Å². The number of fused-ring (bicyclic) bond motifs is 1. The molecule has 0 radical (unpaired) electrons. The molecule has 3 heteroatoms. The third kappa shape index (κ3) is 2.06. The standard InChI is InChI=1S/C16H22N2O/c1-3-12-6-4-5-7-14(12)16(19)18-10-13-8-17-9-15(13)11(18)2/h4-7,11,13,15,17H,3,8-10H2,1-2H3. The molecule has 1 aromatic rings. The predicted molar refractivity (Wildman–Crippen MR) is 76.2 cm³/mol. The highest BCUT2D eigenvalue weighted by Gasteiger charge is 2.43. The fourth-order valence-corrected chi connectivity index (χ4v) is 3.63. The van der Waals surface area contributed by atoms with E-state index in [1.165, 1.54) is 0 Å². The number of hydrogen-bond acceptors (Lipinski definition) is 2. The highest BCUT2D eigenvalue weighted by molar-refractivity contribution is 5.96. The molecule has 2 aliphatic rings. The molecule has 3 rings (SSSR count). The van der Waals surface area contributed by atoms with Gasteiger partial charge in [-0.25, -0.2) is 0 Å². The molecule has 0 saturated carbocycles. The number of nitrogens with zero attached hydrogens (tertiary/aromatic N) is 1. The topological polar surface area (TPSA) is 32.3 Å². The molecule has 2 heterocycles. The first-order chi connectivity index (χ1) is 9.22. The minimum absolute atomic E-state index is 0.222. The minimum atomic E-state index is 0.222. The lowest BCUT2D eigenvalue weighted by Gasteiger charge is -2.25. The summed E-state index contributed by atoms with van der Waals surface area (Å²) in [6.07, 6.45) is 0.915. The zero-order valence-corrected chi connectivity index (χ0v) is 11.7. The molecule has 2 fully saturated rings. The van der Waals surface area contributed by atoms with Crippen LogP contribution in [0.3, 0.4) is 0 Å². The van der Waals surface area contributed by atoms with Gasteiger partial charge in [0.05, 0.1) is 0 Å². The summed E-state index contributed by atoms with van der Waals surface area (Å²) in [6.45, 7) is 7.34. The number of likely N-dealkylation sites (tertiary alicyclic amines) is 1. The molecular formula is C16H22N2O. The van der Waals surface area contributed by atoms with Crippen molar-refractivity contribution in [3.63, 3.8) is 0 Å².